The second-order valence-electron chi connectivity index (χ2n) is 6.06. The van der Waals surface area contributed by atoms with Gasteiger partial charge in [-0.3, -0.25) is 9.59 Å². The number of nitrogens with two attached hydrogens (primary N) is 1. The molecule has 8 heteroatoms. The summed E-state index contributed by atoms with van der Waals surface area (Å²) in [5.41, 5.74) is 5.87. The fourth-order valence-electron chi connectivity index (χ4n) is 3.07. The van der Waals surface area contributed by atoms with Gasteiger partial charge in [-0.25, -0.2) is 0 Å². The fourth-order valence-corrected chi connectivity index (χ4v) is 3.07. The van der Waals surface area contributed by atoms with E-state index >= 15 is 0 Å². The number of benzene rings is 1. The number of halogens is 1. The lowest BCUT2D eigenvalue weighted by Crippen LogP contribution is -2.49. The van der Waals surface area contributed by atoms with E-state index < -0.39 is 0 Å². The first-order chi connectivity index (χ1) is 12.1. The fraction of sp³-hybridized carbons (Fsp3) is 0.556. The molecule has 1 aliphatic heterocycles. The third kappa shape index (κ3) is 5.51. The molecular weight excluding hydrogens is 358 g/mol. The molecular formula is C18H28ClN3O4. The van der Waals surface area contributed by atoms with Crippen LogP contribution < -0.4 is 20.5 Å². The highest BCUT2D eigenvalue weighted by Gasteiger charge is 2.29. The van der Waals surface area contributed by atoms with Crippen molar-refractivity contribution in [1.29, 1.82) is 0 Å². The molecule has 1 heterocycles. The molecule has 1 aliphatic rings. The maximum Gasteiger partial charge on any atom is 0.258 e. The van der Waals surface area contributed by atoms with Gasteiger partial charge >= 0.3 is 0 Å². The molecule has 0 bridgehead atoms. The Morgan fingerprint density at radius 3 is 2.69 bits per heavy atom. The number of nitrogens with zero attached hydrogens (tertiary/aromatic N) is 1. The third-order valence-electron chi connectivity index (χ3n) is 4.43. The van der Waals surface area contributed by atoms with Crippen molar-refractivity contribution in [2.45, 2.75) is 31.7 Å². The predicted octanol–water partition coefficient (Wildman–Crippen LogP) is 1.59. The molecule has 7 nitrogen and oxygen atoms in total. The lowest BCUT2D eigenvalue weighted by atomic mass is 10.00. The highest BCUT2D eigenvalue weighted by Crippen LogP contribution is 2.28. The number of carbonyl (C=O) groups is 2. The molecule has 1 unspecified atom stereocenters. The largest absolute Gasteiger partial charge is 0.497 e. The van der Waals surface area contributed by atoms with E-state index in [1.807, 2.05) is 4.90 Å². The van der Waals surface area contributed by atoms with Gasteiger partial charge in [0.2, 0.25) is 5.91 Å². The molecule has 0 aliphatic carbocycles. The Labute approximate surface area is 160 Å². The van der Waals surface area contributed by atoms with E-state index in [0.29, 0.717) is 43.1 Å². The van der Waals surface area contributed by atoms with Crippen LogP contribution in [0.15, 0.2) is 18.2 Å². The number of rotatable bonds is 7. The van der Waals surface area contributed by atoms with Gasteiger partial charge in [0.05, 0.1) is 19.8 Å². The first-order valence-corrected chi connectivity index (χ1v) is 8.60. The topological polar surface area (TPSA) is 93.9 Å². The molecule has 0 aromatic heterocycles. The molecule has 2 amide bonds. The van der Waals surface area contributed by atoms with Gasteiger partial charge in [-0.05, 0) is 37.5 Å². The molecule has 0 spiro atoms. The SMILES string of the molecule is COc1ccc(OC)c(C(=O)N2CCCCC2CNC(=O)CCN)c1.Cl. The number of piperidine rings is 1. The van der Waals surface area contributed by atoms with Gasteiger partial charge in [0.1, 0.15) is 11.5 Å². The number of hydrogen-bond acceptors (Lipinski definition) is 5. The Bertz CT molecular complexity index is 612. The van der Waals surface area contributed by atoms with Crippen LogP contribution in [-0.2, 0) is 4.79 Å². The molecule has 2 rings (SSSR count). The summed E-state index contributed by atoms with van der Waals surface area (Å²) in [6.07, 6.45) is 3.15. The average Bonchev–Trinajstić information content (AvgIpc) is 2.65. The second kappa shape index (κ2) is 10.9. The number of carbonyl (C=O) groups excluding carboxylic acids is 2. The van der Waals surface area contributed by atoms with Crippen molar-refractivity contribution in [3.63, 3.8) is 0 Å². The number of ether oxygens (including phenoxy) is 2. The van der Waals surface area contributed by atoms with Gasteiger partial charge in [0.25, 0.3) is 5.91 Å². The molecule has 3 N–H and O–H groups in total. The van der Waals surface area contributed by atoms with Crippen LogP contribution in [0.3, 0.4) is 0 Å². The second-order valence-corrected chi connectivity index (χ2v) is 6.06. The Hall–Kier alpha value is -1.99. The van der Waals surface area contributed by atoms with Crippen molar-refractivity contribution < 1.29 is 19.1 Å². The Balaban J connectivity index is 0.00000338. The van der Waals surface area contributed by atoms with E-state index in [2.05, 4.69) is 5.32 Å². The van der Waals surface area contributed by atoms with E-state index in [4.69, 9.17) is 15.2 Å². The summed E-state index contributed by atoms with van der Waals surface area (Å²) in [6.45, 7) is 1.42. The normalized spacial score (nSPS) is 16.4. The minimum atomic E-state index is -0.103. The Morgan fingerprint density at radius 1 is 1.27 bits per heavy atom. The van der Waals surface area contributed by atoms with E-state index in [9.17, 15) is 9.59 Å². The number of amides is 2. The standard InChI is InChI=1S/C18H27N3O4.ClH/c1-24-14-6-7-16(25-2)15(11-14)18(23)21-10-4-3-5-13(21)12-20-17(22)8-9-19;/h6-7,11,13H,3-5,8-10,12,19H2,1-2H3,(H,20,22);1H. The molecule has 0 radical (unpaired) electrons. The first kappa shape index (κ1) is 22.1. The summed E-state index contributed by atoms with van der Waals surface area (Å²) in [7, 11) is 3.10. The Morgan fingerprint density at radius 2 is 2.04 bits per heavy atom. The lowest BCUT2D eigenvalue weighted by molar-refractivity contribution is -0.121. The van der Waals surface area contributed by atoms with Crippen LogP contribution in [0.2, 0.25) is 0 Å². The van der Waals surface area contributed by atoms with Crippen molar-refractivity contribution in [3.05, 3.63) is 23.8 Å². The van der Waals surface area contributed by atoms with Crippen molar-refractivity contribution in [2.24, 2.45) is 5.73 Å². The van der Waals surface area contributed by atoms with Crippen molar-refractivity contribution >= 4 is 24.2 Å². The monoisotopic (exact) mass is 385 g/mol. The summed E-state index contributed by atoms with van der Waals surface area (Å²) in [6, 6.07) is 5.16. The van der Waals surface area contributed by atoms with E-state index in [-0.39, 0.29) is 30.3 Å². The zero-order valence-corrected chi connectivity index (χ0v) is 16.1. The summed E-state index contributed by atoms with van der Waals surface area (Å²) >= 11 is 0. The van der Waals surface area contributed by atoms with Crippen molar-refractivity contribution in [1.82, 2.24) is 10.2 Å². The lowest BCUT2D eigenvalue weighted by Gasteiger charge is -2.36. The van der Waals surface area contributed by atoms with Crippen LogP contribution in [0.4, 0.5) is 0 Å². The summed E-state index contributed by atoms with van der Waals surface area (Å²) in [5, 5.41) is 2.87. The summed E-state index contributed by atoms with van der Waals surface area (Å²) in [4.78, 5) is 26.6. The molecule has 1 fully saturated rings. The molecule has 1 saturated heterocycles. The molecule has 146 valence electrons. The molecule has 1 aromatic carbocycles. The van der Waals surface area contributed by atoms with Gasteiger partial charge in [-0.2, -0.15) is 0 Å². The quantitative estimate of drug-likeness (QED) is 0.743. The van der Waals surface area contributed by atoms with Gasteiger partial charge in [0.15, 0.2) is 0 Å². The molecule has 1 aromatic rings. The summed E-state index contributed by atoms with van der Waals surface area (Å²) < 4.78 is 10.6. The third-order valence-corrected chi connectivity index (χ3v) is 4.43. The first-order valence-electron chi connectivity index (χ1n) is 8.60. The molecule has 0 saturated carbocycles. The number of methoxy groups -OCH3 is 2. The summed E-state index contributed by atoms with van der Waals surface area (Å²) in [5.74, 6) is 0.934. The van der Waals surface area contributed by atoms with Gasteiger partial charge in [0, 0.05) is 32.1 Å². The highest BCUT2D eigenvalue weighted by molar-refractivity contribution is 5.97. The van der Waals surface area contributed by atoms with Gasteiger partial charge in [-0.1, -0.05) is 0 Å². The zero-order chi connectivity index (χ0) is 18.2. The zero-order valence-electron chi connectivity index (χ0n) is 15.3. The van der Waals surface area contributed by atoms with Crippen LogP contribution >= 0.6 is 12.4 Å². The molecule has 26 heavy (non-hydrogen) atoms. The van der Waals surface area contributed by atoms with E-state index in [1.54, 1.807) is 32.4 Å². The maximum atomic E-state index is 13.1. The van der Waals surface area contributed by atoms with Gasteiger partial charge < -0.3 is 25.4 Å². The van der Waals surface area contributed by atoms with Crippen LogP contribution in [0, 0.1) is 0 Å². The number of nitrogens with one attached hydrogen (secondary N) is 1. The Kier molecular flexibility index (Phi) is 9.23. The average molecular weight is 386 g/mol. The molecule has 1 atom stereocenters. The number of likely N-dealkylation sites (tertiary alicyclic amines) is 1. The number of hydrogen-bond donors (Lipinski definition) is 2. The van der Waals surface area contributed by atoms with Crippen molar-refractivity contribution in [3.8, 4) is 11.5 Å². The predicted molar refractivity (Wildman–Crippen MR) is 102 cm³/mol. The van der Waals surface area contributed by atoms with Crippen LogP contribution in [0.25, 0.3) is 0 Å². The van der Waals surface area contributed by atoms with E-state index in [0.717, 1.165) is 19.3 Å². The van der Waals surface area contributed by atoms with E-state index in [1.165, 1.54) is 0 Å². The highest BCUT2D eigenvalue weighted by atomic mass is 35.5. The van der Waals surface area contributed by atoms with Crippen LogP contribution in [0.1, 0.15) is 36.0 Å². The van der Waals surface area contributed by atoms with Gasteiger partial charge in [-0.15, -0.1) is 12.4 Å². The maximum absolute atomic E-state index is 13.1. The minimum absolute atomic E-state index is 0. The van der Waals surface area contributed by atoms with Crippen molar-refractivity contribution in [2.75, 3.05) is 33.9 Å². The smallest absolute Gasteiger partial charge is 0.258 e. The minimum Gasteiger partial charge on any atom is -0.497 e. The van der Waals surface area contributed by atoms with Crippen LogP contribution in [-0.4, -0.2) is 56.6 Å². The van der Waals surface area contributed by atoms with Crippen LogP contribution in [0.5, 0.6) is 11.5 Å².